The number of fused-ring (bicyclic) bond motifs is 1. The van der Waals surface area contributed by atoms with Crippen molar-refractivity contribution in [3.63, 3.8) is 0 Å². The normalized spacial score (nSPS) is 18.9. The first-order valence-electron chi connectivity index (χ1n) is 7.20. The number of hydrogen-bond acceptors (Lipinski definition) is 3. The van der Waals surface area contributed by atoms with E-state index in [4.69, 9.17) is 11.6 Å². The van der Waals surface area contributed by atoms with E-state index in [0.717, 1.165) is 36.0 Å². The maximum absolute atomic E-state index is 9.74. The fourth-order valence-corrected chi connectivity index (χ4v) is 3.25. The molecule has 1 N–H and O–H groups in total. The van der Waals surface area contributed by atoms with Crippen LogP contribution in [0.3, 0.4) is 0 Å². The van der Waals surface area contributed by atoms with Gasteiger partial charge in [0.1, 0.15) is 11.6 Å². The molecule has 2 heterocycles. The zero-order chi connectivity index (χ0) is 13.9. The first-order chi connectivity index (χ1) is 9.79. The van der Waals surface area contributed by atoms with E-state index in [1.807, 2.05) is 24.4 Å². The average molecular weight is 291 g/mol. The quantitative estimate of drug-likeness (QED) is 0.867. The summed E-state index contributed by atoms with van der Waals surface area (Å²) in [6.07, 6.45) is 6.41. The smallest absolute Gasteiger partial charge is 0.136 e. The second kappa shape index (κ2) is 5.88. The topological polar surface area (TPSA) is 36.4 Å². The molecular weight excluding hydrogens is 272 g/mol. The number of hydrogen-bond donors (Lipinski definition) is 1. The second-order valence-electron chi connectivity index (χ2n) is 5.36. The number of aromatic nitrogens is 1. The van der Waals surface area contributed by atoms with Crippen molar-refractivity contribution < 1.29 is 5.11 Å². The zero-order valence-corrected chi connectivity index (χ0v) is 12.2. The van der Waals surface area contributed by atoms with Crippen molar-refractivity contribution in [3.05, 3.63) is 30.5 Å². The van der Waals surface area contributed by atoms with Crippen molar-refractivity contribution in [1.82, 2.24) is 4.98 Å². The van der Waals surface area contributed by atoms with Crippen molar-refractivity contribution in [1.29, 1.82) is 0 Å². The molecule has 0 amide bonds. The first kappa shape index (κ1) is 13.5. The lowest BCUT2D eigenvalue weighted by molar-refractivity contribution is 0.476. The molecule has 1 unspecified atom stereocenters. The third-order valence-corrected chi connectivity index (χ3v) is 4.32. The highest BCUT2D eigenvalue weighted by Crippen LogP contribution is 2.33. The zero-order valence-electron chi connectivity index (χ0n) is 11.4. The van der Waals surface area contributed by atoms with E-state index in [-0.39, 0.29) is 0 Å². The second-order valence-corrected chi connectivity index (χ2v) is 5.74. The molecular formula is C16H19ClN2O. The van der Waals surface area contributed by atoms with Gasteiger partial charge in [-0.25, -0.2) is 4.98 Å². The monoisotopic (exact) mass is 290 g/mol. The highest BCUT2D eigenvalue weighted by atomic mass is 35.5. The third-order valence-electron chi connectivity index (χ3n) is 4.05. The van der Waals surface area contributed by atoms with Gasteiger partial charge in [0.25, 0.3) is 0 Å². The molecule has 1 aliphatic heterocycles. The minimum Gasteiger partial charge on any atom is -0.508 e. The van der Waals surface area contributed by atoms with Crippen LogP contribution < -0.4 is 4.90 Å². The maximum Gasteiger partial charge on any atom is 0.136 e. The summed E-state index contributed by atoms with van der Waals surface area (Å²) in [5, 5.41) is 11.9. The number of rotatable bonds is 4. The summed E-state index contributed by atoms with van der Waals surface area (Å²) < 4.78 is 0. The lowest BCUT2D eigenvalue weighted by Gasteiger charge is -2.26. The highest BCUT2D eigenvalue weighted by Gasteiger charge is 2.26. The molecule has 1 aromatic carbocycles. The molecule has 1 aromatic heterocycles. The molecule has 0 bridgehead atoms. The molecule has 2 aromatic rings. The summed E-state index contributed by atoms with van der Waals surface area (Å²) in [6.45, 7) is 1.04. The van der Waals surface area contributed by atoms with Crippen LogP contribution in [-0.4, -0.2) is 28.6 Å². The summed E-state index contributed by atoms with van der Waals surface area (Å²) >= 11 is 5.82. The van der Waals surface area contributed by atoms with Crippen molar-refractivity contribution in [3.8, 4) is 5.75 Å². The minimum absolute atomic E-state index is 0.295. The van der Waals surface area contributed by atoms with Gasteiger partial charge in [0.05, 0.1) is 0 Å². The van der Waals surface area contributed by atoms with Gasteiger partial charge in [-0.1, -0.05) is 6.07 Å². The standard InChI is InChI=1S/C16H19ClN2O/c17-8-1-3-13-4-2-10-19(13)16-15-11-14(20)6-5-12(15)7-9-18-16/h5-7,9,11,13,20H,1-4,8,10H2. The average Bonchev–Trinajstić information content (AvgIpc) is 2.92. The number of halogens is 1. The molecule has 0 spiro atoms. The predicted molar refractivity (Wildman–Crippen MR) is 83.7 cm³/mol. The molecule has 1 aliphatic rings. The van der Waals surface area contributed by atoms with Crippen LogP contribution in [0.15, 0.2) is 30.5 Å². The molecule has 1 saturated heterocycles. The minimum atomic E-state index is 0.295. The third kappa shape index (κ3) is 2.55. The van der Waals surface area contributed by atoms with Gasteiger partial charge in [-0.15, -0.1) is 11.6 Å². The Hall–Kier alpha value is -1.48. The van der Waals surface area contributed by atoms with E-state index in [9.17, 15) is 5.11 Å². The van der Waals surface area contributed by atoms with E-state index < -0.39 is 0 Å². The maximum atomic E-state index is 9.74. The van der Waals surface area contributed by atoms with Gasteiger partial charge in [0.15, 0.2) is 0 Å². The van der Waals surface area contributed by atoms with E-state index in [1.165, 1.54) is 12.8 Å². The molecule has 1 fully saturated rings. The number of benzene rings is 1. The Morgan fingerprint density at radius 2 is 2.25 bits per heavy atom. The van der Waals surface area contributed by atoms with Crippen LogP contribution in [0.25, 0.3) is 10.8 Å². The summed E-state index contributed by atoms with van der Waals surface area (Å²) in [5.41, 5.74) is 0. The Labute approximate surface area is 124 Å². The van der Waals surface area contributed by atoms with Gasteiger partial charge in [0, 0.05) is 30.0 Å². The van der Waals surface area contributed by atoms with Crippen LogP contribution in [0.5, 0.6) is 5.75 Å². The lowest BCUT2D eigenvalue weighted by atomic mass is 10.1. The molecule has 0 aliphatic carbocycles. The van der Waals surface area contributed by atoms with Gasteiger partial charge < -0.3 is 10.0 Å². The summed E-state index contributed by atoms with van der Waals surface area (Å²) in [5.74, 6) is 2.01. The van der Waals surface area contributed by atoms with E-state index >= 15 is 0 Å². The fourth-order valence-electron chi connectivity index (χ4n) is 3.10. The van der Waals surface area contributed by atoms with Crippen molar-refractivity contribution >= 4 is 28.2 Å². The van der Waals surface area contributed by atoms with Crippen LogP contribution in [0.2, 0.25) is 0 Å². The number of phenols is 1. The van der Waals surface area contributed by atoms with Crippen molar-refractivity contribution in [2.24, 2.45) is 0 Å². The fraction of sp³-hybridized carbons (Fsp3) is 0.438. The summed E-state index contributed by atoms with van der Waals surface area (Å²) in [7, 11) is 0. The Morgan fingerprint density at radius 1 is 1.35 bits per heavy atom. The van der Waals surface area contributed by atoms with Crippen LogP contribution in [0, 0.1) is 0 Å². The van der Waals surface area contributed by atoms with Crippen LogP contribution >= 0.6 is 11.6 Å². The molecule has 0 saturated carbocycles. The predicted octanol–water partition coefficient (Wildman–Crippen LogP) is 3.93. The Kier molecular flexibility index (Phi) is 3.97. The molecule has 3 rings (SSSR count). The molecule has 0 radical (unpaired) electrons. The molecule has 1 atom stereocenters. The van der Waals surface area contributed by atoms with Crippen molar-refractivity contribution in [2.75, 3.05) is 17.3 Å². The number of anilines is 1. The largest absolute Gasteiger partial charge is 0.508 e. The van der Waals surface area contributed by atoms with E-state index in [0.29, 0.717) is 17.7 Å². The number of aromatic hydroxyl groups is 1. The molecule has 4 heteroatoms. The van der Waals surface area contributed by atoms with Crippen LogP contribution in [0.1, 0.15) is 25.7 Å². The molecule has 3 nitrogen and oxygen atoms in total. The lowest BCUT2D eigenvalue weighted by Crippen LogP contribution is -2.30. The number of phenolic OH excluding ortho intramolecular Hbond substituents is 1. The number of alkyl halides is 1. The van der Waals surface area contributed by atoms with Gasteiger partial charge in [-0.05, 0) is 49.3 Å². The first-order valence-corrected chi connectivity index (χ1v) is 7.73. The number of nitrogens with zero attached hydrogens (tertiary/aromatic N) is 2. The molecule has 20 heavy (non-hydrogen) atoms. The number of pyridine rings is 1. The Morgan fingerprint density at radius 3 is 3.10 bits per heavy atom. The Balaban J connectivity index is 1.98. The van der Waals surface area contributed by atoms with Gasteiger partial charge in [0.2, 0.25) is 0 Å². The summed E-state index contributed by atoms with van der Waals surface area (Å²) in [4.78, 5) is 6.95. The van der Waals surface area contributed by atoms with E-state index in [2.05, 4.69) is 9.88 Å². The Bertz CT molecular complexity index is 602. The van der Waals surface area contributed by atoms with E-state index in [1.54, 1.807) is 6.07 Å². The van der Waals surface area contributed by atoms with Gasteiger partial charge in [-0.3, -0.25) is 0 Å². The molecule has 106 valence electrons. The van der Waals surface area contributed by atoms with Crippen LogP contribution in [-0.2, 0) is 0 Å². The van der Waals surface area contributed by atoms with Crippen LogP contribution in [0.4, 0.5) is 5.82 Å². The van der Waals surface area contributed by atoms with Crippen molar-refractivity contribution in [2.45, 2.75) is 31.7 Å². The SMILES string of the molecule is Oc1ccc2ccnc(N3CCCC3CCCCl)c2c1. The summed E-state index contributed by atoms with van der Waals surface area (Å²) in [6, 6.07) is 7.99. The van der Waals surface area contributed by atoms with Gasteiger partial charge in [-0.2, -0.15) is 0 Å². The van der Waals surface area contributed by atoms with Gasteiger partial charge >= 0.3 is 0 Å². The highest BCUT2D eigenvalue weighted by molar-refractivity contribution is 6.17.